The van der Waals surface area contributed by atoms with E-state index in [4.69, 9.17) is 11.6 Å². The van der Waals surface area contributed by atoms with Gasteiger partial charge in [0.25, 0.3) is 0 Å². The van der Waals surface area contributed by atoms with E-state index in [1.165, 1.54) is 25.7 Å². The Morgan fingerprint density at radius 2 is 2.26 bits per heavy atom. The second-order valence-electron chi connectivity index (χ2n) is 4.87. The molecule has 3 rings (SSSR count). The van der Waals surface area contributed by atoms with Crippen molar-refractivity contribution in [2.24, 2.45) is 0 Å². The van der Waals surface area contributed by atoms with Gasteiger partial charge in [-0.2, -0.15) is 4.98 Å². The second kappa shape index (κ2) is 5.61. The van der Waals surface area contributed by atoms with Crippen molar-refractivity contribution in [1.29, 1.82) is 0 Å². The molecule has 2 heterocycles. The lowest BCUT2D eigenvalue weighted by molar-refractivity contribution is 0.679. The van der Waals surface area contributed by atoms with Crippen LogP contribution in [0.2, 0.25) is 5.02 Å². The number of hydrogen-bond acceptors (Lipinski definition) is 3. The molecule has 0 saturated heterocycles. The first-order chi connectivity index (χ1) is 9.31. The van der Waals surface area contributed by atoms with Crippen LogP contribution in [0.25, 0.3) is 5.65 Å². The van der Waals surface area contributed by atoms with E-state index in [-0.39, 0.29) is 0 Å². The van der Waals surface area contributed by atoms with E-state index < -0.39 is 0 Å². The lowest BCUT2D eigenvalue weighted by Gasteiger charge is -2.12. The minimum atomic E-state index is 0.663. The molecular formula is C14H17ClN4. The van der Waals surface area contributed by atoms with Gasteiger partial charge < -0.3 is 5.32 Å². The molecule has 0 atom stereocenters. The predicted octanol–water partition coefficient (Wildman–Crippen LogP) is 3.69. The maximum Gasteiger partial charge on any atom is 0.243 e. The number of nitrogens with one attached hydrogen (secondary N) is 1. The fraction of sp³-hybridized carbons (Fsp3) is 0.429. The third-order valence-corrected chi connectivity index (χ3v) is 3.63. The van der Waals surface area contributed by atoms with E-state index in [0.717, 1.165) is 18.6 Å². The van der Waals surface area contributed by atoms with Gasteiger partial charge in [0.05, 0.1) is 5.02 Å². The minimum Gasteiger partial charge on any atom is -0.353 e. The summed E-state index contributed by atoms with van der Waals surface area (Å²) in [4.78, 5) is 4.40. The number of rotatable bonds is 4. The normalized spacial score (nSPS) is 15.5. The summed E-state index contributed by atoms with van der Waals surface area (Å²) in [7, 11) is 0. The fourth-order valence-electron chi connectivity index (χ4n) is 2.40. The topological polar surface area (TPSA) is 42.2 Å². The molecular weight excluding hydrogens is 260 g/mol. The van der Waals surface area contributed by atoms with Crippen molar-refractivity contribution in [2.75, 3.05) is 11.9 Å². The van der Waals surface area contributed by atoms with Crippen LogP contribution < -0.4 is 5.32 Å². The Labute approximate surface area is 117 Å². The van der Waals surface area contributed by atoms with Gasteiger partial charge in [0, 0.05) is 12.7 Å². The highest BCUT2D eigenvalue weighted by Gasteiger charge is 2.05. The Morgan fingerprint density at radius 3 is 3.11 bits per heavy atom. The van der Waals surface area contributed by atoms with E-state index in [1.807, 2.05) is 12.1 Å². The van der Waals surface area contributed by atoms with Crippen molar-refractivity contribution in [3.8, 4) is 0 Å². The number of hydrogen-bond donors (Lipinski definition) is 1. The lowest BCUT2D eigenvalue weighted by atomic mass is 9.97. The van der Waals surface area contributed by atoms with Gasteiger partial charge in [-0.1, -0.05) is 23.3 Å². The number of anilines is 1. The summed E-state index contributed by atoms with van der Waals surface area (Å²) >= 11 is 5.92. The average molecular weight is 277 g/mol. The van der Waals surface area contributed by atoms with Gasteiger partial charge in [-0.3, -0.25) is 0 Å². The lowest BCUT2D eigenvalue weighted by Crippen LogP contribution is -2.05. The van der Waals surface area contributed by atoms with Crippen LogP contribution in [0.5, 0.6) is 0 Å². The summed E-state index contributed by atoms with van der Waals surface area (Å²) in [6, 6.07) is 3.69. The van der Waals surface area contributed by atoms with Crippen LogP contribution in [0.1, 0.15) is 32.1 Å². The molecule has 2 aromatic rings. The quantitative estimate of drug-likeness (QED) is 0.866. The summed E-state index contributed by atoms with van der Waals surface area (Å²) in [6.07, 6.45) is 10.4. The molecule has 5 heteroatoms. The van der Waals surface area contributed by atoms with Crippen molar-refractivity contribution in [3.63, 3.8) is 0 Å². The van der Waals surface area contributed by atoms with Gasteiger partial charge in [-0.05, 0) is 44.2 Å². The number of aromatic nitrogens is 3. The summed E-state index contributed by atoms with van der Waals surface area (Å²) in [5.41, 5.74) is 2.37. The molecule has 0 amide bonds. The van der Waals surface area contributed by atoms with Crippen LogP contribution in [0.3, 0.4) is 0 Å². The van der Waals surface area contributed by atoms with Gasteiger partial charge in [0.15, 0.2) is 5.65 Å². The number of nitrogens with zero attached hydrogens (tertiary/aromatic N) is 3. The molecule has 0 radical (unpaired) electrons. The smallest absolute Gasteiger partial charge is 0.243 e. The van der Waals surface area contributed by atoms with Gasteiger partial charge in [0.2, 0.25) is 5.95 Å². The second-order valence-corrected chi connectivity index (χ2v) is 5.31. The van der Waals surface area contributed by atoms with Gasteiger partial charge in [-0.25, -0.2) is 4.52 Å². The van der Waals surface area contributed by atoms with Crippen LogP contribution in [-0.2, 0) is 0 Å². The Bertz CT molecular complexity index is 603. The highest BCUT2D eigenvalue weighted by atomic mass is 35.5. The summed E-state index contributed by atoms with van der Waals surface area (Å²) < 4.78 is 1.70. The molecule has 0 aliphatic heterocycles. The number of fused-ring (bicyclic) bond motifs is 1. The maximum absolute atomic E-state index is 5.92. The van der Waals surface area contributed by atoms with E-state index in [2.05, 4.69) is 21.5 Å². The highest BCUT2D eigenvalue weighted by Crippen LogP contribution is 2.20. The van der Waals surface area contributed by atoms with Gasteiger partial charge in [-0.15, -0.1) is 5.10 Å². The molecule has 1 aliphatic carbocycles. The van der Waals surface area contributed by atoms with E-state index in [1.54, 1.807) is 16.3 Å². The van der Waals surface area contributed by atoms with E-state index in [9.17, 15) is 0 Å². The third kappa shape index (κ3) is 3.07. The number of pyridine rings is 1. The van der Waals surface area contributed by atoms with Crippen LogP contribution >= 0.6 is 11.6 Å². The minimum absolute atomic E-state index is 0.663. The van der Waals surface area contributed by atoms with Crippen LogP contribution in [0.4, 0.5) is 5.95 Å². The highest BCUT2D eigenvalue weighted by molar-refractivity contribution is 6.30. The first kappa shape index (κ1) is 12.5. The average Bonchev–Trinajstić information content (AvgIpc) is 2.82. The standard InChI is InChI=1S/C14H17ClN4/c15-12-6-7-13-17-14(18-19(13)10-12)16-9-8-11-4-2-1-3-5-11/h4,6-7,10H,1-3,5,8-9H2,(H,16,18). The Balaban J connectivity index is 1.60. The zero-order valence-electron chi connectivity index (χ0n) is 10.8. The monoisotopic (exact) mass is 276 g/mol. The summed E-state index contributed by atoms with van der Waals surface area (Å²) in [5.74, 6) is 0.665. The largest absolute Gasteiger partial charge is 0.353 e. The number of halogens is 1. The fourth-order valence-corrected chi connectivity index (χ4v) is 2.55. The molecule has 0 unspecified atom stereocenters. The summed E-state index contributed by atoms with van der Waals surface area (Å²) in [6.45, 7) is 0.885. The van der Waals surface area contributed by atoms with Crippen LogP contribution in [-0.4, -0.2) is 21.1 Å². The third-order valence-electron chi connectivity index (χ3n) is 3.41. The van der Waals surface area contributed by atoms with Gasteiger partial charge in [0.1, 0.15) is 0 Å². The van der Waals surface area contributed by atoms with E-state index >= 15 is 0 Å². The van der Waals surface area contributed by atoms with Crippen molar-refractivity contribution in [1.82, 2.24) is 14.6 Å². The van der Waals surface area contributed by atoms with Crippen LogP contribution in [0.15, 0.2) is 30.0 Å². The molecule has 2 aromatic heterocycles. The molecule has 0 fully saturated rings. The maximum atomic E-state index is 5.92. The Hall–Kier alpha value is -1.55. The molecule has 4 nitrogen and oxygen atoms in total. The predicted molar refractivity (Wildman–Crippen MR) is 77.7 cm³/mol. The first-order valence-electron chi connectivity index (χ1n) is 6.75. The van der Waals surface area contributed by atoms with Crippen molar-refractivity contribution in [3.05, 3.63) is 35.0 Å². The van der Waals surface area contributed by atoms with E-state index in [0.29, 0.717) is 11.0 Å². The molecule has 0 saturated carbocycles. The molecule has 1 N–H and O–H groups in total. The number of allylic oxidation sites excluding steroid dienone is 1. The Morgan fingerprint density at radius 1 is 1.32 bits per heavy atom. The first-order valence-corrected chi connectivity index (χ1v) is 7.13. The molecule has 0 aromatic carbocycles. The van der Waals surface area contributed by atoms with Crippen molar-refractivity contribution >= 4 is 23.2 Å². The van der Waals surface area contributed by atoms with Gasteiger partial charge >= 0.3 is 0 Å². The SMILES string of the molecule is Clc1ccc2nc(NCCC3=CCCCC3)nn2c1. The molecule has 0 bridgehead atoms. The van der Waals surface area contributed by atoms with Crippen molar-refractivity contribution in [2.45, 2.75) is 32.1 Å². The zero-order valence-corrected chi connectivity index (χ0v) is 11.5. The molecule has 1 aliphatic rings. The summed E-state index contributed by atoms with van der Waals surface area (Å²) in [5, 5.41) is 8.28. The molecule has 0 spiro atoms. The van der Waals surface area contributed by atoms with Crippen LogP contribution in [0, 0.1) is 0 Å². The molecule has 100 valence electrons. The Kier molecular flexibility index (Phi) is 3.69. The molecule has 19 heavy (non-hydrogen) atoms. The zero-order chi connectivity index (χ0) is 13.1. The van der Waals surface area contributed by atoms with Crippen molar-refractivity contribution < 1.29 is 0 Å².